The number of anilines is 2. The van der Waals surface area contributed by atoms with Gasteiger partial charge in [-0.05, 0) is 110 Å². The number of likely N-dealkylation sites (tertiary alicyclic amines) is 1. The second-order valence-electron chi connectivity index (χ2n) is 24.0. The van der Waals surface area contributed by atoms with Gasteiger partial charge in [-0.1, -0.05) is 144 Å². The molecule has 0 unspecified atom stereocenters. The second kappa shape index (κ2) is 25.8. The van der Waals surface area contributed by atoms with E-state index < -0.39 is 58.2 Å². The summed E-state index contributed by atoms with van der Waals surface area (Å²) in [4.78, 5) is 90.6. The van der Waals surface area contributed by atoms with Gasteiger partial charge < -0.3 is 31.3 Å². The summed E-state index contributed by atoms with van der Waals surface area (Å²) < 4.78 is 16.3. The predicted molar refractivity (Wildman–Crippen MR) is 321 cm³/mol. The number of thiazole rings is 1. The standard InChI is InChI=1S/C64H76Cl2FN7O7S/c1-38(40-22-24-42(25-23-40)56-39(2)68-37-82-56)69-58(78)50-35-45(75)36-74(50)60(80)57(62(3,4)5)72-52(77)21-14-11-9-7-6-8-10-13-20-51(76)41-26-29-44(30-27-41)70-59(79)55-53(46-18-17-19-48(66)54(46)67)64(63(73-55)32-15-12-16-33-63)47-31-28-43(65)34-49(47)71-61(64)81/h17-19,22-31,34,37-38,45,50,53,55,57,73,75H,6-16,20-21,32-33,35-36H2,1-5H3,(H,69,78)(H,70,79)(H,71,81)(H,72,77)/t38-,45+,50-,53-,55+,57+,64+/m0/s1. The molecule has 1 aromatic heterocycles. The summed E-state index contributed by atoms with van der Waals surface area (Å²) in [6.07, 6.45) is 10.7. The molecule has 0 bridgehead atoms. The average molecular weight is 1180 g/mol. The molecule has 5 amide bonds. The summed E-state index contributed by atoms with van der Waals surface area (Å²) in [7, 11) is 0. The number of carbonyl (C=O) groups is 6. The lowest BCUT2D eigenvalue weighted by Gasteiger charge is -2.47. The number of nitrogens with zero attached hydrogens (tertiary/aromatic N) is 2. The first-order valence-electron chi connectivity index (χ1n) is 29.1. The van der Waals surface area contributed by atoms with E-state index >= 15 is 4.39 Å². The first-order chi connectivity index (χ1) is 39.2. The highest BCUT2D eigenvalue weighted by atomic mass is 35.5. The van der Waals surface area contributed by atoms with Crippen molar-refractivity contribution in [3.05, 3.63) is 134 Å². The van der Waals surface area contributed by atoms with Gasteiger partial charge >= 0.3 is 0 Å². The smallest absolute Gasteiger partial charge is 0.246 e. The fraction of sp³-hybridized carbons (Fsp3) is 0.484. The topological polar surface area (TPSA) is 199 Å². The van der Waals surface area contributed by atoms with Crippen LogP contribution in [0.15, 0.2) is 90.4 Å². The minimum Gasteiger partial charge on any atom is -0.391 e. The summed E-state index contributed by atoms with van der Waals surface area (Å²) in [6.45, 7) is 9.49. The Morgan fingerprint density at radius 3 is 2.18 bits per heavy atom. The number of aliphatic hydroxyl groups excluding tert-OH is 1. The number of amides is 5. The first-order valence-corrected chi connectivity index (χ1v) is 30.7. The highest BCUT2D eigenvalue weighted by molar-refractivity contribution is 7.13. The van der Waals surface area contributed by atoms with E-state index in [1.807, 2.05) is 70.5 Å². The molecule has 6 N–H and O–H groups in total. The van der Waals surface area contributed by atoms with E-state index in [1.54, 1.807) is 59.9 Å². The van der Waals surface area contributed by atoms with Gasteiger partial charge in [-0.2, -0.15) is 0 Å². The zero-order chi connectivity index (χ0) is 58.5. The third-order valence-corrected chi connectivity index (χ3v) is 18.9. The Morgan fingerprint density at radius 1 is 0.854 bits per heavy atom. The number of aromatic nitrogens is 1. The third kappa shape index (κ3) is 12.7. The molecule has 0 radical (unpaired) electrons. The number of aliphatic hydroxyl groups is 1. The Bertz CT molecular complexity index is 3160. The monoisotopic (exact) mass is 1180 g/mol. The van der Waals surface area contributed by atoms with Gasteiger partial charge in [-0.15, -0.1) is 11.3 Å². The van der Waals surface area contributed by atoms with E-state index in [-0.39, 0.29) is 65.4 Å². The van der Waals surface area contributed by atoms with Crippen molar-refractivity contribution in [2.45, 2.75) is 184 Å². The molecule has 1 saturated carbocycles. The van der Waals surface area contributed by atoms with Crippen LogP contribution < -0.4 is 26.6 Å². The number of rotatable bonds is 21. The number of hydrogen-bond donors (Lipinski definition) is 6. The molecule has 1 aliphatic carbocycles. The van der Waals surface area contributed by atoms with Gasteiger partial charge in [-0.3, -0.25) is 34.1 Å². The molecule has 4 aliphatic rings. The van der Waals surface area contributed by atoms with Crippen LogP contribution in [0.4, 0.5) is 15.8 Å². The fourth-order valence-corrected chi connectivity index (χ4v) is 14.4. The Labute approximate surface area is 494 Å². The van der Waals surface area contributed by atoms with Crippen LogP contribution in [-0.2, 0) is 29.4 Å². The molecule has 4 heterocycles. The molecule has 14 nitrogen and oxygen atoms in total. The van der Waals surface area contributed by atoms with E-state index in [0.717, 1.165) is 85.9 Å². The maximum Gasteiger partial charge on any atom is 0.246 e. The van der Waals surface area contributed by atoms with Crippen molar-refractivity contribution in [3.63, 3.8) is 0 Å². The summed E-state index contributed by atoms with van der Waals surface area (Å²) in [5.74, 6) is -3.37. The number of Topliss-reactive ketones (excluding diaryl/α,β-unsaturated/α-hetero) is 1. The third-order valence-electron chi connectivity index (χ3n) is 17.4. The van der Waals surface area contributed by atoms with Crippen LogP contribution in [0.25, 0.3) is 10.4 Å². The van der Waals surface area contributed by atoms with Gasteiger partial charge in [0, 0.05) is 59.2 Å². The van der Waals surface area contributed by atoms with Crippen LogP contribution in [0, 0.1) is 18.2 Å². The Morgan fingerprint density at radius 2 is 1.52 bits per heavy atom. The number of benzene rings is 4. The molecule has 18 heteroatoms. The molecule has 3 fully saturated rings. The molecule has 436 valence electrons. The highest BCUT2D eigenvalue weighted by Crippen LogP contribution is 2.63. The average Bonchev–Trinajstić information content (AvgIpc) is 1.62. The number of aryl methyl sites for hydroxylation is 1. The maximum atomic E-state index is 16.3. The molecule has 82 heavy (non-hydrogen) atoms. The van der Waals surface area contributed by atoms with E-state index in [4.69, 9.17) is 23.2 Å². The van der Waals surface area contributed by atoms with E-state index in [1.165, 1.54) is 11.0 Å². The van der Waals surface area contributed by atoms with Gasteiger partial charge in [0.1, 0.15) is 23.3 Å². The van der Waals surface area contributed by atoms with Crippen LogP contribution >= 0.6 is 34.5 Å². The molecule has 9 rings (SSSR count). The number of halogens is 3. The minimum absolute atomic E-state index is 0.00176. The SMILES string of the molecule is Cc1ncsc1-c1ccc([C@H](C)NC(=O)[C@@H]2C[C@@H](O)CN2C(=O)[C@@H](NC(=O)CCCCCCCCCCC(=O)c2ccc(NC(=O)[C@@H]3NC4(CCCCC4)[C@@]4(C(=O)Nc5cc(Cl)ccc54)[C@H]3c3cccc(Cl)c3F)cc2)C(C)(C)C)cc1. The number of carbonyl (C=O) groups excluding carboxylic acids is 6. The van der Waals surface area contributed by atoms with Crippen LogP contribution in [0.5, 0.6) is 0 Å². The summed E-state index contributed by atoms with van der Waals surface area (Å²) in [6, 6.07) is 21.6. The minimum atomic E-state index is -1.35. The summed E-state index contributed by atoms with van der Waals surface area (Å²) in [5, 5.41) is 26.8. The lowest BCUT2D eigenvalue weighted by Crippen LogP contribution is -2.60. The Balaban J connectivity index is 0.701. The largest absolute Gasteiger partial charge is 0.391 e. The number of hydrogen-bond acceptors (Lipinski definition) is 10. The number of ketones is 1. The number of β-amino-alcohol motifs (C(OH)–C–C–N with tert-alkyl or cyclic N) is 1. The normalized spacial score (nSPS) is 21.7. The number of unbranched alkanes of at least 4 members (excludes halogenated alkanes) is 7. The zero-order valence-electron chi connectivity index (χ0n) is 47.5. The lowest BCUT2D eigenvalue weighted by molar-refractivity contribution is -0.144. The van der Waals surface area contributed by atoms with E-state index in [9.17, 15) is 33.9 Å². The molecule has 2 saturated heterocycles. The quantitative estimate of drug-likeness (QED) is 0.0306. The molecular formula is C64H76Cl2FN7O7S. The van der Waals surface area contributed by atoms with E-state index in [2.05, 4.69) is 31.6 Å². The predicted octanol–water partition coefficient (Wildman–Crippen LogP) is 12.3. The van der Waals surface area contributed by atoms with Gasteiger partial charge in [-0.25, -0.2) is 9.37 Å². The van der Waals surface area contributed by atoms with Crippen LogP contribution in [0.1, 0.15) is 175 Å². The highest BCUT2D eigenvalue weighted by Gasteiger charge is 2.72. The Hall–Kier alpha value is -6.04. The first kappa shape index (κ1) is 60.5. The van der Waals surface area contributed by atoms with E-state index in [0.29, 0.717) is 53.2 Å². The lowest BCUT2D eigenvalue weighted by atomic mass is 9.55. The fourth-order valence-electron chi connectivity index (χ4n) is 13.2. The van der Waals surface area contributed by atoms with Crippen LogP contribution in [0.2, 0.25) is 10.0 Å². The number of fused-ring (bicyclic) bond motifs is 3. The summed E-state index contributed by atoms with van der Waals surface area (Å²) in [5.41, 5.74) is 4.23. The van der Waals surface area contributed by atoms with Crippen molar-refractivity contribution in [2.75, 3.05) is 17.2 Å². The van der Waals surface area contributed by atoms with Crippen molar-refractivity contribution in [2.24, 2.45) is 5.41 Å². The zero-order valence-corrected chi connectivity index (χ0v) is 49.8. The van der Waals surface area contributed by atoms with Crippen molar-refractivity contribution in [1.29, 1.82) is 0 Å². The molecule has 2 spiro atoms. The van der Waals surface area contributed by atoms with Crippen LogP contribution in [-0.4, -0.2) is 86.6 Å². The maximum absolute atomic E-state index is 16.3. The van der Waals surface area contributed by atoms with Crippen molar-refractivity contribution in [1.82, 2.24) is 25.8 Å². The molecular weight excluding hydrogens is 1100 g/mol. The van der Waals surface area contributed by atoms with Gasteiger partial charge in [0.15, 0.2) is 5.78 Å². The van der Waals surface area contributed by atoms with Gasteiger partial charge in [0.25, 0.3) is 0 Å². The van der Waals surface area contributed by atoms with Crippen LogP contribution in [0.3, 0.4) is 0 Å². The van der Waals surface area contributed by atoms with Crippen molar-refractivity contribution < 1.29 is 38.3 Å². The van der Waals surface area contributed by atoms with Crippen molar-refractivity contribution >= 4 is 81.2 Å². The number of nitrogens with one attached hydrogen (secondary N) is 5. The molecule has 3 aliphatic heterocycles. The molecule has 7 atom stereocenters. The van der Waals surface area contributed by atoms with Gasteiger partial charge in [0.05, 0.1) is 39.3 Å². The second-order valence-corrected chi connectivity index (χ2v) is 25.7. The molecule has 4 aromatic carbocycles. The molecule has 5 aromatic rings. The van der Waals surface area contributed by atoms with Crippen molar-refractivity contribution in [3.8, 4) is 10.4 Å². The van der Waals surface area contributed by atoms with Gasteiger partial charge in [0.2, 0.25) is 29.5 Å². The summed E-state index contributed by atoms with van der Waals surface area (Å²) >= 11 is 14.4. The Kier molecular flexibility index (Phi) is 19.1.